The first-order chi connectivity index (χ1) is 15.6. The molecule has 0 saturated heterocycles. The Kier molecular flexibility index (Phi) is 3.40. The number of rotatable bonds is 1. The predicted octanol–water partition coefficient (Wildman–Crippen LogP) is 8.24. The molecule has 0 amide bonds. The molecule has 1 heteroatoms. The van der Waals surface area contributed by atoms with E-state index in [-0.39, 0.29) is 5.41 Å². The molecule has 0 atom stereocenters. The van der Waals surface area contributed by atoms with Gasteiger partial charge in [0.15, 0.2) is 0 Å². The minimum atomic E-state index is -0.0882. The molecule has 32 heavy (non-hydrogen) atoms. The second kappa shape index (κ2) is 6.11. The van der Waals surface area contributed by atoms with Gasteiger partial charge in [-0.25, -0.2) is 0 Å². The number of para-hydroxylation sites is 2. The monoisotopic (exact) mass is 409 g/mol. The molecule has 1 aromatic heterocycles. The van der Waals surface area contributed by atoms with Crippen molar-refractivity contribution in [3.8, 4) is 16.8 Å². The first kappa shape index (κ1) is 17.8. The maximum Gasteiger partial charge on any atom is 0.0588 e. The second-order valence-corrected chi connectivity index (χ2v) is 9.44. The summed E-state index contributed by atoms with van der Waals surface area (Å²) >= 11 is 0. The van der Waals surface area contributed by atoms with Crippen LogP contribution in [0.15, 0.2) is 103 Å². The van der Waals surface area contributed by atoms with E-state index in [0.717, 1.165) is 0 Å². The van der Waals surface area contributed by atoms with E-state index in [0.29, 0.717) is 0 Å². The van der Waals surface area contributed by atoms with E-state index in [2.05, 4.69) is 122 Å². The van der Waals surface area contributed by atoms with Crippen molar-refractivity contribution < 1.29 is 0 Å². The standard InChI is InChI=1S/C31H23N/c1-31(2)27-19-21-11-7-6-10-20(21)18-26(27)24-16-17-25-23-14-8-9-15-28(23)32(30(25)29(24)31)22-12-4-3-5-13-22/h3-19H,1-2H3. The van der Waals surface area contributed by atoms with Crippen LogP contribution in [0.2, 0.25) is 0 Å². The maximum atomic E-state index is 2.47. The molecule has 6 aromatic rings. The van der Waals surface area contributed by atoms with E-state index in [1.807, 2.05) is 0 Å². The van der Waals surface area contributed by atoms with Crippen molar-refractivity contribution in [3.05, 3.63) is 114 Å². The zero-order chi connectivity index (χ0) is 21.4. The van der Waals surface area contributed by atoms with Gasteiger partial charge in [0, 0.05) is 21.9 Å². The molecule has 1 nitrogen and oxygen atoms in total. The highest BCUT2D eigenvalue weighted by Crippen LogP contribution is 2.53. The van der Waals surface area contributed by atoms with Crippen LogP contribution in [0.5, 0.6) is 0 Å². The van der Waals surface area contributed by atoms with Crippen LogP contribution in [0.4, 0.5) is 0 Å². The topological polar surface area (TPSA) is 4.93 Å². The van der Waals surface area contributed by atoms with Crippen LogP contribution in [0, 0.1) is 0 Å². The Morgan fingerprint density at radius 2 is 1.28 bits per heavy atom. The Balaban J connectivity index is 1.68. The van der Waals surface area contributed by atoms with Gasteiger partial charge in [0.05, 0.1) is 11.0 Å². The van der Waals surface area contributed by atoms with E-state index in [1.54, 1.807) is 0 Å². The van der Waals surface area contributed by atoms with Gasteiger partial charge in [0.1, 0.15) is 0 Å². The van der Waals surface area contributed by atoms with Crippen molar-refractivity contribution in [3.63, 3.8) is 0 Å². The van der Waals surface area contributed by atoms with Gasteiger partial charge < -0.3 is 4.57 Å². The average molecular weight is 410 g/mol. The van der Waals surface area contributed by atoms with Gasteiger partial charge in [-0.2, -0.15) is 0 Å². The fourth-order valence-corrected chi connectivity index (χ4v) is 5.87. The first-order valence-electron chi connectivity index (χ1n) is 11.3. The van der Waals surface area contributed by atoms with Gasteiger partial charge in [-0.05, 0) is 63.4 Å². The van der Waals surface area contributed by atoms with E-state index < -0.39 is 0 Å². The minimum Gasteiger partial charge on any atom is -0.309 e. The van der Waals surface area contributed by atoms with Crippen LogP contribution in [-0.2, 0) is 5.41 Å². The van der Waals surface area contributed by atoms with Crippen molar-refractivity contribution >= 4 is 32.6 Å². The number of nitrogens with zero attached hydrogens (tertiary/aromatic N) is 1. The molecule has 152 valence electrons. The van der Waals surface area contributed by atoms with Gasteiger partial charge >= 0.3 is 0 Å². The molecular weight excluding hydrogens is 386 g/mol. The van der Waals surface area contributed by atoms with Crippen LogP contribution in [-0.4, -0.2) is 4.57 Å². The highest BCUT2D eigenvalue weighted by atomic mass is 15.0. The Labute approximate surface area is 187 Å². The number of hydrogen-bond donors (Lipinski definition) is 0. The van der Waals surface area contributed by atoms with Gasteiger partial charge in [-0.3, -0.25) is 0 Å². The third-order valence-electron chi connectivity index (χ3n) is 7.33. The average Bonchev–Trinajstić information content (AvgIpc) is 3.28. The van der Waals surface area contributed by atoms with E-state index >= 15 is 0 Å². The largest absolute Gasteiger partial charge is 0.309 e. The third kappa shape index (κ3) is 2.18. The summed E-state index contributed by atoms with van der Waals surface area (Å²) in [7, 11) is 0. The minimum absolute atomic E-state index is 0.0882. The van der Waals surface area contributed by atoms with Crippen LogP contribution in [0.3, 0.4) is 0 Å². The zero-order valence-electron chi connectivity index (χ0n) is 18.3. The summed E-state index contributed by atoms with van der Waals surface area (Å²) in [6.07, 6.45) is 0. The molecule has 1 aliphatic rings. The summed E-state index contributed by atoms with van der Waals surface area (Å²) in [6, 6.07) is 37.8. The zero-order valence-corrected chi connectivity index (χ0v) is 18.3. The molecule has 1 heterocycles. The fraction of sp³-hybridized carbons (Fsp3) is 0.0968. The molecular formula is C31H23N. The van der Waals surface area contributed by atoms with Crippen molar-refractivity contribution in [1.82, 2.24) is 4.57 Å². The molecule has 0 saturated carbocycles. The summed E-state index contributed by atoms with van der Waals surface area (Å²) in [5, 5.41) is 5.25. The molecule has 0 fully saturated rings. The van der Waals surface area contributed by atoms with Crippen molar-refractivity contribution in [2.75, 3.05) is 0 Å². The lowest BCUT2D eigenvalue weighted by molar-refractivity contribution is 0.664. The molecule has 0 N–H and O–H groups in total. The lowest BCUT2D eigenvalue weighted by atomic mass is 9.81. The van der Waals surface area contributed by atoms with Crippen LogP contribution >= 0.6 is 0 Å². The number of benzene rings is 5. The third-order valence-corrected chi connectivity index (χ3v) is 7.33. The Morgan fingerprint density at radius 3 is 2.09 bits per heavy atom. The quantitative estimate of drug-likeness (QED) is 0.258. The van der Waals surface area contributed by atoms with Crippen molar-refractivity contribution in [1.29, 1.82) is 0 Å². The van der Waals surface area contributed by atoms with E-state index in [9.17, 15) is 0 Å². The summed E-state index contributed by atoms with van der Waals surface area (Å²) in [5.41, 5.74) is 9.31. The number of fused-ring (bicyclic) bond motifs is 8. The summed E-state index contributed by atoms with van der Waals surface area (Å²) in [4.78, 5) is 0. The van der Waals surface area contributed by atoms with Gasteiger partial charge in [0.25, 0.3) is 0 Å². The second-order valence-electron chi connectivity index (χ2n) is 9.44. The molecule has 0 aliphatic heterocycles. The fourth-order valence-electron chi connectivity index (χ4n) is 5.87. The van der Waals surface area contributed by atoms with Crippen LogP contribution in [0.1, 0.15) is 25.0 Å². The highest BCUT2D eigenvalue weighted by molar-refractivity contribution is 6.13. The number of aromatic nitrogens is 1. The van der Waals surface area contributed by atoms with Gasteiger partial charge in [0.2, 0.25) is 0 Å². The molecule has 0 radical (unpaired) electrons. The molecule has 0 spiro atoms. The Morgan fingerprint density at radius 1 is 0.594 bits per heavy atom. The smallest absolute Gasteiger partial charge is 0.0588 e. The van der Waals surface area contributed by atoms with Crippen LogP contribution in [0.25, 0.3) is 49.4 Å². The molecule has 0 bridgehead atoms. The Hall–Kier alpha value is -3.84. The van der Waals surface area contributed by atoms with Crippen LogP contribution < -0.4 is 0 Å². The van der Waals surface area contributed by atoms with E-state index in [1.165, 1.54) is 60.5 Å². The predicted molar refractivity (Wildman–Crippen MR) is 136 cm³/mol. The lowest BCUT2D eigenvalue weighted by Crippen LogP contribution is -2.16. The van der Waals surface area contributed by atoms with Gasteiger partial charge in [-0.15, -0.1) is 0 Å². The highest BCUT2D eigenvalue weighted by Gasteiger charge is 2.38. The molecule has 1 aliphatic carbocycles. The van der Waals surface area contributed by atoms with Gasteiger partial charge in [-0.1, -0.05) is 86.6 Å². The molecule has 5 aromatic carbocycles. The Bertz CT molecular complexity index is 1680. The summed E-state index contributed by atoms with van der Waals surface area (Å²) in [6.45, 7) is 4.78. The SMILES string of the molecule is CC1(C)c2cc3ccccc3cc2-c2ccc3c4ccccc4n(-c4ccccc4)c3c21. The normalized spacial score (nSPS) is 14.2. The van der Waals surface area contributed by atoms with E-state index in [4.69, 9.17) is 0 Å². The molecule has 0 unspecified atom stereocenters. The lowest BCUT2D eigenvalue weighted by Gasteiger charge is -2.24. The molecule has 7 rings (SSSR count). The first-order valence-corrected chi connectivity index (χ1v) is 11.3. The summed E-state index contributed by atoms with van der Waals surface area (Å²) in [5.74, 6) is 0. The van der Waals surface area contributed by atoms with Crippen molar-refractivity contribution in [2.24, 2.45) is 0 Å². The maximum absolute atomic E-state index is 2.47. The summed E-state index contributed by atoms with van der Waals surface area (Å²) < 4.78 is 2.47. The van der Waals surface area contributed by atoms with Crippen molar-refractivity contribution in [2.45, 2.75) is 19.3 Å². The number of hydrogen-bond acceptors (Lipinski definition) is 0.